The second kappa shape index (κ2) is 5.30. The fraction of sp³-hybridized carbons (Fsp3) is 0.308. The second-order valence-electron chi connectivity index (χ2n) is 4.33. The molecule has 2 aromatic rings. The molecule has 19 heavy (non-hydrogen) atoms. The number of benzene rings is 1. The van der Waals surface area contributed by atoms with Gasteiger partial charge in [-0.1, -0.05) is 18.2 Å². The summed E-state index contributed by atoms with van der Waals surface area (Å²) >= 11 is 1.41. The molecule has 2 rings (SSSR count). The highest BCUT2D eigenvalue weighted by molar-refractivity contribution is 7.09. The number of thiazole rings is 1. The minimum Gasteiger partial charge on any atom is -0.323 e. The van der Waals surface area contributed by atoms with Crippen LogP contribution in [-0.2, 0) is 12.6 Å². The molecule has 0 saturated heterocycles. The van der Waals surface area contributed by atoms with Crippen molar-refractivity contribution in [3.8, 4) is 0 Å². The first-order chi connectivity index (χ1) is 8.86. The Kier molecular flexibility index (Phi) is 3.91. The van der Waals surface area contributed by atoms with Crippen LogP contribution in [0.2, 0.25) is 0 Å². The summed E-state index contributed by atoms with van der Waals surface area (Å²) in [4.78, 5) is 4.31. The summed E-state index contributed by atoms with van der Waals surface area (Å²) in [6.07, 6.45) is -3.92. The summed E-state index contributed by atoms with van der Waals surface area (Å²) in [7, 11) is 0. The maximum absolute atomic E-state index is 12.6. The lowest BCUT2D eigenvalue weighted by Crippen LogP contribution is -2.06. The molecular weight excluding hydrogens is 273 g/mol. The number of nitrogens with two attached hydrogens (primary N) is 1. The summed E-state index contributed by atoms with van der Waals surface area (Å²) in [6, 6.07) is 5.15. The summed E-state index contributed by atoms with van der Waals surface area (Å²) in [5.74, 6) is 0. The third-order valence-electron chi connectivity index (χ3n) is 2.65. The monoisotopic (exact) mass is 286 g/mol. The Bertz CT molecular complexity index is 561. The quantitative estimate of drug-likeness (QED) is 0.932. The molecule has 0 radical (unpaired) electrons. The van der Waals surface area contributed by atoms with Crippen LogP contribution in [0.4, 0.5) is 13.2 Å². The van der Waals surface area contributed by atoms with Crippen molar-refractivity contribution in [3.05, 3.63) is 51.5 Å². The van der Waals surface area contributed by atoms with Gasteiger partial charge in [0, 0.05) is 17.8 Å². The minimum absolute atomic E-state index is 0.161. The lowest BCUT2D eigenvalue weighted by molar-refractivity contribution is -0.137. The molecule has 1 aromatic heterocycles. The first-order valence-corrected chi connectivity index (χ1v) is 6.60. The van der Waals surface area contributed by atoms with Gasteiger partial charge in [0.2, 0.25) is 0 Å². The molecule has 0 bridgehead atoms. The van der Waals surface area contributed by atoms with Crippen molar-refractivity contribution >= 4 is 11.3 Å². The molecule has 1 unspecified atom stereocenters. The molecule has 0 fully saturated rings. The molecule has 2 N–H and O–H groups in total. The first-order valence-electron chi connectivity index (χ1n) is 5.72. The highest BCUT2D eigenvalue weighted by Gasteiger charge is 2.30. The van der Waals surface area contributed by atoms with Gasteiger partial charge in [-0.3, -0.25) is 0 Å². The summed E-state index contributed by atoms with van der Waals surface area (Å²) < 4.78 is 37.8. The standard InChI is InChI=1S/C13H13F3N2S/c1-8(17)11-7-19-12(18-11)6-9-3-2-4-10(5-9)13(14,15)16/h2-5,7-8H,6,17H2,1H3. The number of rotatable bonds is 3. The molecule has 6 heteroatoms. The molecule has 1 atom stereocenters. The maximum atomic E-state index is 12.6. The third-order valence-corrected chi connectivity index (χ3v) is 3.51. The Morgan fingerprint density at radius 3 is 2.68 bits per heavy atom. The van der Waals surface area contributed by atoms with Gasteiger partial charge in [-0.2, -0.15) is 13.2 Å². The lowest BCUT2D eigenvalue weighted by Gasteiger charge is -2.07. The van der Waals surface area contributed by atoms with Gasteiger partial charge < -0.3 is 5.73 Å². The van der Waals surface area contributed by atoms with E-state index in [2.05, 4.69) is 4.98 Å². The van der Waals surface area contributed by atoms with Crippen molar-refractivity contribution < 1.29 is 13.2 Å². The molecule has 0 spiro atoms. The number of hydrogen-bond donors (Lipinski definition) is 1. The van der Waals surface area contributed by atoms with Crippen LogP contribution in [0, 0.1) is 0 Å². The van der Waals surface area contributed by atoms with Crippen molar-refractivity contribution in [2.45, 2.75) is 25.6 Å². The smallest absolute Gasteiger partial charge is 0.323 e. The Balaban J connectivity index is 2.19. The van der Waals surface area contributed by atoms with Gasteiger partial charge in [0.15, 0.2) is 0 Å². The van der Waals surface area contributed by atoms with E-state index in [4.69, 9.17) is 5.73 Å². The van der Waals surface area contributed by atoms with Crippen molar-refractivity contribution in [3.63, 3.8) is 0 Å². The van der Waals surface area contributed by atoms with Gasteiger partial charge >= 0.3 is 6.18 Å². The van der Waals surface area contributed by atoms with E-state index in [-0.39, 0.29) is 6.04 Å². The molecule has 1 heterocycles. The molecule has 2 nitrogen and oxygen atoms in total. The normalized spacial score (nSPS) is 13.5. The highest BCUT2D eigenvalue weighted by atomic mass is 32.1. The SMILES string of the molecule is CC(N)c1csc(Cc2cccc(C(F)(F)F)c2)n1. The number of aromatic nitrogens is 1. The van der Waals surface area contributed by atoms with Gasteiger partial charge in [0.1, 0.15) is 0 Å². The van der Waals surface area contributed by atoms with Crippen LogP contribution in [-0.4, -0.2) is 4.98 Å². The Morgan fingerprint density at radius 1 is 1.37 bits per heavy atom. The van der Waals surface area contributed by atoms with E-state index in [1.54, 1.807) is 6.07 Å². The average molecular weight is 286 g/mol. The Hall–Kier alpha value is -1.40. The largest absolute Gasteiger partial charge is 0.416 e. The van der Waals surface area contributed by atoms with Crippen molar-refractivity contribution in [1.29, 1.82) is 0 Å². The van der Waals surface area contributed by atoms with Gasteiger partial charge in [0.05, 0.1) is 16.3 Å². The third kappa shape index (κ3) is 3.54. The molecule has 1 aromatic carbocycles. The maximum Gasteiger partial charge on any atom is 0.416 e. The number of nitrogens with zero attached hydrogens (tertiary/aromatic N) is 1. The summed E-state index contributed by atoms with van der Waals surface area (Å²) in [5.41, 5.74) is 6.43. The van der Waals surface area contributed by atoms with E-state index in [0.29, 0.717) is 12.0 Å². The summed E-state index contributed by atoms with van der Waals surface area (Å²) in [5, 5.41) is 2.61. The fourth-order valence-corrected chi connectivity index (χ4v) is 2.58. The van der Waals surface area contributed by atoms with Crippen LogP contribution < -0.4 is 5.73 Å². The predicted octanol–water partition coefficient (Wildman–Crippen LogP) is 3.77. The molecule has 0 aliphatic heterocycles. The van der Waals surface area contributed by atoms with Gasteiger partial charge in [-0.25, -0.2) is 4.98 Å². The molecule has 0 aliphatic carbocycles. The van der Waals surface area contributed by atoms with E-state index in [1.807, 2.05) is 12.3 Å². The topological polar surface area (TPSA) is 38.9 Å². The molecule has 0 aliphatic rings. The molecule has 102 valence electrons. The van der Waals surface area contributed by atoms with E-state index in [0.717, 1.165) is 22.8 Å². The van der Waals surface area contributed by atoms with E-state index >= 15 is 0 Å². The van der Waals surface area contributed by atoms with Crippen LogP contribution in [0.25, 0.3) is 0 Å². The number of halogens is 3. The van der Waals surface area contributed by atoms with Crippen LogP contribution in [0.15, 0.2) is 29.6 Å². The molecule has 0 amide bonds. The number of hydrogen-bond acceptors (Lipinski definition) is 3. The zero-order chi connectivity index (χ0) is 14.0. The molecular formula is C13H13F3N2S. The first kappa shape index (κ1) is 14.0. The zero-order valence-electron chi connectivity index (χ0n) is 10.2. The van der Waals surface area contributed by atoms with Crippen LogP contribution in [0.1, 0.15) is 34.8 Å². The van der Waals surface area contributed by atoms with Crippen molar-refractivity contribution in [1.82, 2.24) is 4.98 Å². The van der Waals surface area contributed by atoms with Crippen LogP contribution >= 0.6 is 11.3 Å². The van der Waals surface area contributed by atoms with Gasteiger partial charge in [0.25, 0.3) is 0 Å². The Morgan fingerprint density at radius 2 is 2.11 bits per heavy atom. The summed E-state index contributed by atoms with van der Waals surface area (Å²) in [6.45, 7) is 1.82. The van der Waals surface area contributed by atoms with Crippen LogP contribution in [0.3, 0.4) is 0 Å². The Labute approximate surface area is 113 Å². The fourth-order valence-electron chi connectivity index (χ4n) is 1.65. The zero-order valence-corrected chi connectivity index (χ0v) is 11.1. The van der Waals surface area contributed by atoms with Crippen molar-refractivity contribution in [2.75, 3.05) is 0 Å². The second-order valence-corrected chi connectivity index (χ2v) is 5.27. The van der Waals surface area contributed by atoms with Gasteiger partial charge in [-0.05, 0) is 18.6 Å². The average Bonchev–Trinajstić information content (AvgIpc) is 2.77. The van der Waals surface area contributed by atoms with Crippen molar-refractivity contribution in [2.24, 2.45) is 5.73 Å². The minimum atomic E-state index is -4.31. The molecule has 0 saturated carbocycles. The number of alkyl halides is 3. The predicted molar refractivity (Wildman–Crippen MR) is 69.0 cm³/mol. The van der Waals surface area contributed by atoms with Crippen LogP contribution in [0.5, 0.6) is 0 Å². The van der Waals surface area contributed by atoms with E-state index in [1.165, 1.54) is 17.4 Å². The lowest BCUT2D eigenvalue weighted by atomic mass is 10.1. The van der Waals surface area contributed by atoms with E-state index < -0.39 is 11.7 Å². The van der Waals surface area contributed by atoms with E-state index in [9.17, 15) is 13.2 Å². The highest BCUT2D eigenvalue weighted by Crippen LogP contribution is 2.30. The van der Waals surface area contributed by atoms with Gasteiger partial charge in [-0.15, -0.1) is 11.3 Å².